The van der Waals surface area contributed by atoms with Crippen LogP contribution in [0.3, 0.4) is 0 Å². The molecule has 2 amide bonds. The maximum Gasteiger partial charge on any atom is 0.315 e. The van der Waals surface area contributed by atoms with Crippen molar-refractivity contribution in [3.63, 3.8) is 0 Å². The number of aliphatic hydroxyl groups is 1. The number of carbonyl (C=O) groups excluding carboxylic acids is 1. The molecule has 98 valence electrons. The van der Waals surface area contributed by atoms with E-state index in [1.54, 1.807) is 0 Å². The SMILES string of the molecule is O=C(NCCCO)NC1CC1c1cccc(Cl)c1. The van der Waals surface area contributed by atoms with Crippen LogP contribution in [0.2, 0.25) is 5.02 Å². The van der Waals surface area contributed by atoms with Gasteiger partial charge in [-0.25, -0.2) is 4.79 Å². The highest BCUT2D eigenvalue weighted by Gasteiger charge is 2.39. The minimum Gasteiger partial charge on any atom is -0.396 e. The Morgan fingerprint density at radius 2 is 2.33 bits per heavy atom. The van der Waals surface area contributed by atoms with Crippen molar-refractivity contribution in [3.05, 3.63) is 34.9 Å². The molecule has 2 atom stereocenters. The monoisotopic (exact) mass is 268 g/mol. The molecule has 2 rings (SSSR count). The zero-order chi connectivity index (χ0) is 13.0. The fourth-order valence-corrected chi connectivity index (χ4v) is 2.16. The van der Waals surface area contributed by atoms with Gasteiger partial charge in [0.1, 0.15) is 0 Å². The molecule has 1 aromatic carbocycles. The van der Waals surface area contributed by atoms with E-state index in [4.69, 9.17) is 16.7 Å². The summed E-state index contributed by atoms with van der Waals surface area (Å²) in [7, 11) is 0. The zero-order valence-corrected chi connectivity index (χ0v) is 10.8. The summed E-state index contributed by atoms with van der Waals surface area (Å²) in [6, 6.07) is 7.77. The first-order chi connectivity index (χ1) is 8.70. The first-order valence-electron chi connectivity index (χ1n) is 6.11. The molecule has 0 bridgehead atoms. The molecule has 0 aromatic heterocycles. The van der Waals surface area contributed by atoms with Crippen molar-refractivity contribution < 1.29 is 9.90 Å². The van der Waals surface area contributed by atoms with Crippen molar-refractivity contribution >= 4 is 17.6 Å². The number of carbonyl (C=O) groups is 1. The Morgan fingerprint density at radius 1 is 1.50 bits per heavy atom. The lowest BCUT2D eigenvalue weighted by molar-refractivity contribution is 0.237. The number of benzene rings is 1. The largest absolute Gasteiger partial charge is 0.396 e. The maximum absolute atomic E-state index is 11.5. The highest BCUT2D eigenvalue weighted by atomic mass is 35.5. The molecule has 1 aromatic rings. The topological polar surface area (TPSA) is 61.4 Å². The van der Waals surface area contributed by atoms with Gasteiger partial charge in [0.25, 0.3) is 0 Å². The van der Waals surface area contributed by atoms with E-state index in [0.717, 1.165) is 11.4 Å². The quantitative estimate of drug-likeness (QED) is 0.714. The highest BCUT2D eigenvalue weighted by Crippen LogP contribution is 2.41. The van der Waals surface area contributed by atoms with Crippen molar-refractivity contribution in [3.8, 4) is 0 Å². The van der Waals surface area contributed by atoms with Crippen molar-refractivity contribution in [1.29, 1.82) is 0 Å². The van der Waals surface area contributed by atoms with Crippen LogP contribution in [-0.4, -0.2) is 30.3 Å². The molecule has 4 nitrogen and oxygen atoms in total. The minimum absolute atomic E-state index is 0.0921. The Hall–Kier alpha value is -1.26. The maximum atomic E-state index is 11.5. The molecule has 1 fully saturated rings. The molecule has 0 spiro atoms. The van der Waals surface area contributed by atoms with Crippen LogP contribution in [0.15, 0.2) is 24.3 Å². The van der Waals surface area contributed by atoms with Crippen molar-refractivity contribution in [2.45, 2.75) is 24.8 Å². The molecule has 0 radical (unpaired) electrons. The van der Waals surface area contributed by atoms with E-state index in [-0.39, 0.29) is 18.7 Å². The van der Waals surface area contributed by atoms with Gasteiger partial charge < -0.3 is 15.7 Å². The van der Waals surface area contributed by atoms with Crippen LogP contribution in [0.4, 0.5) is 4.79 Å². The fourth-order valence-electron chi connectivity index (χ4n) is 1.96. The number of hydrogen-bond donors (Lipinski definition) is 3. The summed E-state index contributed by atoms with van der Waals surface area (Å²) >= 11 is 5.93. The van der Waals surface area contributed by atoms with E-state index in [9.17, 15) is 4.79 Å². The van der Waals surface area contributed by atoms with E-state index in [1.807, 2.05) is 24.3 Å². The number of nitrogens with one attached hydrogen (secondary N) is 2. The lowest BCUT2D eigenvalue weighted by atomic mass is 10.1. The summed E-state index contributed by atoms with van der Waals surface area (Å²) in [5.41, 5.74) is 1.17. The summed E-state index contributed by atoms with van der Waals surface area (Å²) in [5, 5.41) is 14.9. The second-order valence-corrected chi connectivity index (χ2v) is 4.92. The summed E-state index contributed by atoms with van der Waals surface area (Å²) in [6.07, 6.45) is 1.53. The van der Waals surface area contributed by atoms with Gasteiger partial charge in [0.2, 0.25) is 0 Å². The Kier molecular flexibility index (Phi) is 4.44. The molecule has 1 aliphatic rings. The third-order valence-corrected chi connectivity index (χ3v) is 3.24. The van der Waals surface area contributed by atoms with Gasteiger partial charge in [-0.2, -0.15) is 0 Å². The number of amides is 2. The molecule has 2 unspecified atom stereocenters. The summed E-state index contributed by atoms with van der Waals surface area (Å²) in [6.45, 7) is 0.589. The predicted octanol–water partition coefficient (Wildman–Crippen LogP) is 1.88. The number of halogens is 1. The number of aliphatic hydroxyl groups excluding tert-OH is 1. The van der Waals surface area contributed by atoms with Gasteiger partial charge in [-0.05, 0) is 30.5 Å². The van der Waals surface area contributed by atoms with Gasteiger partial charge in [-0.3, -0.25) is 0 Å². The molecule has 0 heterocycles. The third kappa shape index (κ3) is 3.62. The van der Waals surface area contributed by atoms with Crippen molar-refractivity contribution in [1.82, 2.24) is 10.6 Å². The normalized spacial score (nSPS) is 21.4. The lowest BCUT2D eigenvalue weighted by Gasteiger charge is -2.06. The van der Waals surface area contributed by atoms with Gasteiger partial charge in [0.15, 0.2) is 0 Å². The second-order valence-electron chi connectivity index (χ2n) is 4.48. The van der Waals surface area contributed by atoms with E-state index in [2.05, 4.69) is 10.6 Å². The van der Waals surface area contributed by atoms with Crippen LogP contribution in [0, 0.1) is 0 Å². The molecule has 1 saturated carbocycles. The summed E-state index contributed by atoms with van der Waals surface area (Å²) in [5.74, 6) is 0.368. The van der Waals surface area contributed by atoms with Crippen LogP contribution in [0.25, 0.3) is 0 Å². The van der Waals surface area contributed by atoms with E-state index >= 15 is 0 Å². The highest BCUT2D eigenvalue weighted by molar-refractivity contribution is 6.30. The molecular weight excluding hydrogens is 252 g/mol. The van der Waals surface area contributed by atoms with E-state index in [1.165, 1.54) is 5.56 Å². The standard InChI is InChI=1S/C13H17ClN2O2/c14-10-4-1-3-9(7-10)11-8-12(11)16-13(18)15-5-2-6-17/h1,3-4,7,11-12,17H,2,5-6,8H2,(H2,15,16,18). The Balaban J connectivity index is 1.76. The third-order valence-electron chi connectivity index (χ3n) is 3.00. The zero-order valence-electron chi connectivity index (χ0n) is 10.0. The summed E-state index contributed by atoms with van der Waals surface area (Å²) < 4.78 is 0. The van der Waals surface area contributed by atoms with Gasteiger partial charge in [0, 0.05) is 30.1 Å². The Morgan fingerprint density at radius 3 is 3.06 bits per heavy atom. The predicted molar refractivity (Wildman–Crippen MR) is 70.8 cm³/mol. The number of urea groups is 1. The minimum atomic E-state index is -0.169. The van der Waals surface area contributed by atoms with Crippen LogP contribution >= 0.6 is 11.6 Å². The first kappa shape index (κ1) is 13.2. The first-order valence-corrected chi connectivity index (χ1v) is 6.49. The second kappa shape index (κ2) is 6.07. The average Bonchev–Trinajstić information content (AvgIpc) is 3.08. The molecular formula is C13H17ClN2O2. The molecule has 3 N–H and O–H groups in total. The average molecular weight is 269 g/mol. The molecule has 1 aliphatic carbocycles. The molecule has 0 aliphatic heterocycles. The van der Waals surface area contributed by atoms with Crippen molar-refractivity contribution in [2.24, 2.45) is 0 Å². The smallest absolute Gasteiger partial charge is 0.315 e. The molecule has 5 heteroatoms. The van der Waals surface area contributed by atoms with E-state index in [0.29, 0.717) is 18.9 Å². The lowest BCUT2D eigenvalue weighted by Crippen LogP contribution is -2.38. The van der Waals surface area contributed by atoms with Gasteiger partial charge >= 0.3 is 6.03 Å². The summed E-state index contributed by atoms with van der Waals surface area (Å²) in [4.78, 5) is 11.5. The molecule has 18 heavy (non-hydrogen) atoms. The van der Waals surface area contributed by atoms with Crippen LogP contribution in [0.5, 0.6) is 0 Å². The van der Waals surface area contributed by atoms with Crippen LogP contribution < -0.4 is 10.6 Å². The van der Waals surface area contributed by atoms with E-state index < -0.39 is 0 Å². The number of rotatable bonds is 5. The fraction of sp³-hybridized carbons (Fsp3) is 0.462. The Labute approximate surface area is 111 Å². The molecule has 0 saturated heterocycles. The van der Waals surface area contributed by atoms with Crippen LogP contribution in [0.1, 0.15) is 24.3 Å². The number of hydrogen-bond acceptors (Lipinski definition) is 2. The van der Waals surface area contributed by atoms with Crippen LogP contribution in [-0.2, 0) is 0 Å². The van der Waals surface area contributed by atoms with Gasteiger partial charge in [0.05, 0.1) is 0 Å². The van der Waals surface area contributed by atoms with Crippen molar-refractivity contribution in [2.75, 3.05) is 13.2 Å². The Bertz CT molecular complexity index is 425. The van der Waals surface area contributed by atoms with Gasteiger partial charge in [-0.1, -0.05) is 23.7 Å². The van der Waals surface area contributed by atoms with Gasteiger partial charge in [-0.15, -0.1) is 0 Å².